The Labute approximate surface area is 93.4 Å². The summed E-state index contributed by atoms with van der Waals surface area (Å²) in [6.45, 7) is 0. The molecule has 0 saturated heterocycles. The van der Waals surface area contributed by atoms with Crippen molar-refractivity contribution in [3.63, 3.8) is 0 Å². The highest BCUT2D eigenvalue weighted by atomic mass is 32.1. The van der Waals surface area contributed by atoms with Gasteiger partial charge in [-0.15, -0.1) is 11.3 Å². The molecule has 2 heteroatoms. The van der Waals surface area contributed by atoms with Gasteiger partial charge in [0.05, 0.1) is 6.10 Å². The van der Waals surface area contributed by atoms with E-state index in [9.17, 15) is 5.11 Å². The summed E-state index contributed by atoms with van der Waals surface area (Å²) in [4.78, 5) is 0. The van der Waals surface area contributed by atoms with E-state index in [4.69, 9.17) is 0 Å². The van der Waals surface area contributed by atoms with Crippen LogP contribution < -0.4 is 0 Å². The Morgan fingerprint density at radius 1 is 1.20 bits per heavy atom. The van der Waals surface area contributed by atoms with Gasteiger partial charge in [-0.25, -0.2) is 0 Å². The largest absolute Gasteiger partial charge is 0.392 e. The second-order valence-corrected chi connectivity index (χ2v) is 5.21. The van der Waals surface area contributed by atoms with Crippen LogP contribution in [-0.2, 0) is 0 Å². The molecule has 1 heterocycles. The van der Waals surface area contributed by atoms with Gasteiger partial charge in [-0.3, -0.25) is 0 Å². The van der Waals surface area contributed by atoms with E-state index in [0.717, 1.165) is 19.3 Å². The molecule has 1 aromatic heterocycles. The molecular formula is C13H14OS. The molecule has 2 atom stereocenters. The van der Waals surface area contributed by atoms with Crippen LogP contribution in [0.2, 0.25) is 0 Å². The molecule has 1 N–H and O–H groups in total. The van der Waals surface area contributed by atoms with Gasteiger partial charge in [0.2, 0.25) is 0 Å². The maximum absolute atomic E-state index is 9.94. The molecule has 0 bridgehead atoms. The summed E-state index contributed by atoms with van der Waals surface area (Å²) in [5, 5.41) is 13.4. The molecule has 2 unspecified atom stereocenters. The molecule has 1 aliphatic carbocycles. The van der Waals surface area contributed by atoms with E-state index in [0.29, 0.717) is 5.92 Å². The van der Waals surface area contributed by atoms with E-state index >= 15 is 0 Å². The van der Waals surface area contributed by atoms with E-state index in [-0.39, 0.29) is 6.10 Å². The molecule has 0 aliphatic heterocycles. The van der Waals surface area contributed by atoms with Crippen LogP contribution in [0.25, 0.3) is 10.1 Å². The van der Waals surface area contributed by atoms with Crippen molar-refractivity contribution in [3.05, 3.63) is 35.2 Å². The van der Waals surface area contributed by atoms with Crippen LogP contribution in [0, 0.1) is 0 Å². The Morgan fingerprint density at radius 2 is 2.13 bits per heavy atom. The van der Waals surface area contributed by atoms with Gasteiger partial charge in [0, 0.05) is 10.6 Å². The van der Waals surface area contributed by atoms with Crippen LogP contribution in [0.1, 0.15) is 30.7 Å². The summed E-state index contributed by atoms with van der Waals surface area (Å²) in [5.41, 5.74) is 1.35. The second kappa shape index (κ2) is 3.62. The standard InChI is InChI=1S/C13H14OS/c14-12-6-2-4-10(12)11-5-1-3-9-7-8-15-13(9)11/h1,3,5,7-8,10,12,14H,2,4,6H2. The lowest BCUT2D eigenvalue weighted by molar-refractivity contribution is 0.164. The van der Waals surface area contributed by atoms with Gasteiger partial charge in [-0.2, -0.15) is 0 Å². The van der Waals surface area contributed by atoms with Crippen LogP contribution in [0.4, 0.5) is 0 Å². The zero-order valence-corrected chi connectivity index (χ0v) is 9.33. The zero-order valence-electron chi connectivity index (χ0n) is 8.52. The molecule has 1 fully saturated rings. The van der Waals surface area contributed by atoms with Crippen LogP contribution in [0.3, 0.4) is 0 Å². The van der Waals surface area contributed by atoms with Crippen molar-refractivity contribution in [1.29, 1.82) is 0 Å². The molecule has 2 aromatic rings. The summed E-state index contributed by atoms with van der Waals surface area (Å²) in [7, 11) is 0. The van der Waals surface area contributed by atoms with E-state index in [1.54, 1.807) is 11.3 Å². The van der Waals surface area contributed by atoms with Crippen molar-refractivity contribution in [3.8, 4) is 0 Å². The predicted molar refractivity (Wildman–Crippen MR) is 64.4 cm³/mol. The van der Waals surface area contributed by atoms with Gasteiger partial charge in [0.25, 0.3) is 0 Å². The van der Waals surface area contributed by atoms with Gasteiger partial charge < -0.3 is 5.11 Å². The van der Waals surface area contributed by atoms with Gasteiger partial charge in [0.15, 0.2) is 0 Å². The monoisotopic (exact) mass is 218 g/mol. The highest BCUT2D eigenvalue weighted by Crippen LogP contribution is 2.39. The minimum absolute atomic E-state index is 0.127. The molecule has 78 valence electrons. The Balaban J connectivity index is 2.13. The second-order valence-electron chi connectivity index (χ2n) is 4.29. The number of aliphatic hydroxyl groups excluding tert-OH is 1. The number of hydrogen-bond acceptors (Lipinski definition) is 2. The quantitative estimate of drug-likeness (QED) is 0.776. The van der Waals surface area contributed by atoms with Gasteiger partial charge >= 0.3 is 0 Å². The third-order valence-electron chi connectivity index (χ3n) is 3.39. The average Bonchev–Trinajstić information content (AvgIpc) is 2.85. The topological polar surface area (TPSA) is 20.2 Å². The molecule has 0 radical (unpaired) electrons. The first kappa shape index (κ1) is 9.37. The predicted octanol–water partition coefficient (Wildman–Crippen LogP) is 3.53. The summed E-state index contributed by atoms with van der Waals surface area (Å²) in [5.74, 6) is 0.368. The lowest BCUT2D eigenvalue weighted by Crippen LogP contribution is -2.10. The fourth-order valence-corrected chi connectivity index (χ4v) is 3.59. The fourth-order valence-electron chi connectivity index (χ4n) is 2.61. The van der Waals surface area contributed by atoms with E-state index in [2.05, 4.69) is 29.6 Å². The normalized spacial score (nSPS) is 26.2. The zero-order chi connectivity index (χ0) is 10.3. The molecule has 3 rings (SSSR count). The highest BCUT2D eigenvalue weighted by Gasteiger charge is 2.27. The number of aliphatic hydroxyl groups is 1. The number of fused-ring (bicyclic) bond motifs is 1. The summed E-state index contributed by atoms with van der Waals surface area (Å²) in [6, 6.07) is 8.59. The number of benzene rings is 1. The van der Waals surface area contributed by atoms with Gasteiger partial charge in [0.1, 0.15) is 0 Å². The van der Waals surface area contributed by atoms with Crippen LogP contribution >= 0.6 is 11.3 Å². The first-order valence-electron chi connectivity index (χ1n) is 5.50. The smallest absolute Gasteiger partial charge is 0.0609 e. The summed E-state index contributed by atoms with van der Waals surface area (Å²) >= 11 is 1.79. The Bertz CT molecular complexity index is 474. The van der Waals surface area contributed by atoms with Crippen molar-refractivity contribution < 1.29 is 5.11 Å². The number of hydrogen-bond donors (Lipinski definition) is 1. The molecule has 1 saturated carbocycles. The van der Waals surface area contributed by atoms with E-state index < -0.39 is 0 Å². The van der Waals surface area contributed by atoms with E-state index in [1.807, 2.05) is 0 Å². The van der Waals surface area contributed by atoms with Gasteiger partial charge in [-0.1, -0.05) is 24.6 Å². The average molecular weight is 218 g/mol. The minimum atomic E-state index is -0.127. The molecule has 15 heavy (non-hydrogen) atoms. The van der Waals surface area contributed by atoms with Crippen LogP contribution in [0.15, 0.2) is 29.6 Å². The fraction of sp³-hybridized carbons (Fsp3) is 0.385. The maximum Gasteiger partial charge on any atom is 0.0609 e. The Kier molecular flexibility index (Phi) is 2.26. The first-order valence-corrected chi connectivity index (χ1v) is 6.38. The first-order chi connectivity index (χ1) is 7.36. The highest BCUT2D eigenvalue weighted by molar-refractivity contribution is 7.17. The molecule has 1 aliphatic rings. The van der Waals surface area contributed by atoms with Crippen LogP contribution in [-0.4, -0.2) is 11.2 Å². The Morgan fingerprint density at radius 3 is 2.93 bits per heavy atom. The van der Waals surface area contributed by atoms with Gasteiger partial charge in [-0.05, 0) is 35.2 Å². The van der Waals surface area contributed by atoms with Crippen molar-refractivity contribution in [1.82, 2.24) is 0 Å². The van der Waals surface area contributed by atoms with Crippen LogP contribution in [0.5, 0.6) is 0 Å². The maximum atomic E-state index is 9.94. The van der Waals surface area contributed by atoms with E-state index in [1.165, 1.54) is 15.6 Å². The van der Waals surface area contributed by atoms with Crippen molar-refractivity contribution in [2.75, 3.05) is 0 Å². The lowest BCUT2D eigenvalue weighted by atomic mass is 9.95. The SMILES string of the molecule is OC1CCCC1c1cccc2ccsc12. The molecular weight excluding hydrogens is 204 g/mol. The number of thiophene rings is 1. The number of rotatable bonds is 1. The summed E-state index contributed by atoms with van der Waals surface area (Å²) < 4.78 is 1.36. The van der Waals surface area contributed by atoms with Crippen molar-refractivity contribution in [2.45, 2.75) is 31.3 Å². The molecule has 1 nitrogen and oxygen atoms in total. The summed E-state index contributed by atoms with van der Waals surface area (Å²) in [6.07, 6.45) is 3.13. The lowest BCUT2D eigenvalue weighted by Gasteiger charge is -2.15. The third-order valence-corrected chi connectivity index (χ3v) is 4.37. The van der Waals surface area contributed by atoms with Crippen molar-refractivity contribution in [2.24, 2.45) is 0 Å². The molecule has 0 spiro atoms. The third kappa shape index (κ3) is 1.48. The molecule has 0 amide bonds. The van der Waals surface area contributed by atoms with Crippen molar-refractivity contribution >= 4 is 21.4 Å². The molecule has 1 aromatic carbocycles. The minimum Gasteiger partial charge on any atom is -0.392 e. The Hall–Kier alpha value is -0.860.